The first-order valence-corrected chi connectivity index (χ1v) is 6.53. The monoisotopic (exact) mass is 266 g/mol. The van der Waals surface area contributed by atoms with E-state index in [9.17, 15) is 9.59 Å². The van der Waals surface area contributed by atoms with Crippen molar-refractivity contribution in [1.82, 2.24) is 15.2 Å². The summed E-state index contributed by atoms with van der Waals surface area (Å²) < 4.78 is 1.75. The number of anilines is 1. The van der Waals surface area contributed by atoms with Gasteiger partial charge in [-0.3, -0.25) is 9.59 Å². The van der Waals surface area contributed by atoms with Crippen LogP contribution in [0.4, 0.5) is 5.69 Å². The first-order chi connectivity index (χ1) is 8.99. The van der Waals surface area contributed by atoms with Gasteiger partial charge in [-0.2, -0.15) is 0 Å². The van der Waals surface area contributed by atoms with Crippen molar-refractivity contribution in [1.29, 1.82) is 0 Å². The number of hydrogen-bond acceptors (Lipinski definition) is 3. The minimum Gasteiger partial charge on any atom is -0.397 e. The number of carbonyl (C=O) groups is 2. The van der Waals surface area contributed by atoms with E-state index in [2.05, 4.69) is 10.6 Å². The number of nitrogens with one attached hydrogen (secondary N) is 2. The van der Waals surface area contributed by atoms with Crippen LogP contribution in [0.25, 0.3) is 0 Å². The Hall–Kier alpha value is -1.98. The Balaban J connectivity index is 2.66. The Kier molecular flexibility index (Phi) is 5.41. The van der Waals surface area contributed by atoms with Gasteiger partial charge in [0.1, 0.15) is 11.7 Å². The second-order valence-corrected chi connectivity index (χ2v) is 4.43. The van der Waals surface area contributed by atoms with Crippen LogP contribution in [0, 0.1) is 0 Å². The fraction of sp³-hybridized carbons (Fsp3) is 0.538. The van der Waals surface area contributed by atoms with Gasteiger partial charge < -0.3 is 20.9 Å². The van der Waals surface area contributed by atoms with E-state index in [4.69, 9.17) is 5.73 Å². The number of nitrogens with zero attached hydrogens (tertiary/aromatic N) is 1. The summed E-state index contributed by atoms with van der Waals surface area (Å²) in [5.74, 6) is -0.476. The van der Waals surface area contributed by atoms with E-state index >= 15 is 0 Å². The van der Waals surface area contributed by atoms with Gasteiger partial charge in [-0.05, 0) is 26.3 Å². The molecule has 1 aromatic rings. The normalized spacial score (nSPS) is 11.9. The molecule has 0 fully saturated rings. The fourth-order valence-corrected chi connectivity index (χ4v) is 1.72. The molecule has 0 aliphatic carbocycles. The maximum atomic E-state index is 12.1. The third-order valence-corrected chi connectivity index (χ3v) is 2.78. The molecule has 1 rings (SSSR count). The average Bonchev–Trinajstić information content (AvgIpc) is 2.77. The first kappa shape index (κ1) is 15.1. The highest BCUT2D eigenvalue weighted by Crippen LogP contribution is 2.10. The van der Waals surface area contributed by atoms with Gasteiger partial charge in [-0.15, -0.1) is 0 Å². The van der Waals surface area contributed by atoms with Crippen molar-refractivity contribution in [3.8, 4) is 0 Å². The summed E-state index contributed by atoms with van der Waals surface area (Å²) in [4.78, 5) is 23.7. The van der Waals surface area contributed by atoms with Crippen LogP contribution in [0.2, 0.25) is 0 Å². The van der Waals surface area contributed by atoms with E-state index in [0.717, 1.165) is 6.42 Å². The van der Waals surface area contributed by atoms with Crippen LogP contribution in [-0.2, 0) is 11.3 Å². The van der Waals surface area contributed by atoms with Crippen molar-refractivity contribution in [2.24, 2.45) is 0 Å². The third-order valence-electron chi connectivity index (χ3n) is 2.78. The Bertz CT molecular complexity index is 453. The minimum absolute atomic E-state index is 0.183. The zero-order valence-electron chi connectivity index (χ0n) is 11.7. The molecule has 2 amide bonds. The summed E-state index contributed by atoms with van der Waals surface area (Å²) in [6, 6.07) is 1.04. The number of hydrogen-bond donors (Lipinski definition) is 3. The van der Waals surface area contributed by atoms with Gasteiger partial charge in [0, 0.05) is 19.3 Å². The highest BCUT2D eigenvalue weighted by Gasteiger charge is 2.18. The number of amides is 2. The quantitative estimate of drug-likeness (QED) is 0.709. The lowest BCUT2D eigenvalue weighted by Gasteiger charge is -2.14. The van der Waals surface area contributed by atoms with Crippen LogP contribution in [0.3, 0.4) is 0 Å². The number of aryl methyl sites for hydroxylation is 1. The molecule has 1 atom stereocenters. The number of carbonyl (C=O) groups excluding carboxylic acids is 2. The highest BCUT2D eigenvalue weighted by molar-refractivity contribution is 5.97. The van der Waals surface area contributed by atoms with E-state index in [1.807, 2.05) is 13.8 Å². The molecule has 6 heteroatoms. The molecule has 6 nitrogen and oxygen atoms in total. The predicted octanol–water partition coefficient (Wildman–Crippen LogP) is 0.735. The van der Waals surface area contributed by atoms with Crippen molar-refractivity contribution >= 4 is 17.5 Å². The van der Waals surface area contributed by atoms with Crippen LogP contribution in [0.1, 0.15) is 37.7 Å². The summed E-state index contributed by atoms with van der Waals surface area (Å²) in [5.41, 5.74) is 6.67. The molecule has 4 N–H and O–H groups in total. The van der Waals surface area contributed by atoms with Gasteiger partial charge in [0.05, 0.1) is 5.69 Å². The molecule has 0 saturated carbocycles. The molecule has 0 aliphatic heterocycles. The van der Waals surface area contributed by atoms with Crippen LogP contribution < -0.4 is 16.4 Å². The maximum Gasteiger partial charge on any atom is 0.268 e. The van der Waals surface area contributed by atoms with Crippen molar-refractivity contribution in [3.63, 3.8) is 0 Å². The molecule has 0 bridgehead atoms. The van der Waals surface area contributed by atoms with E-state index in [0.29, 0.717) is 24.5 Å². The van der Waals surface area contributed by atoms with Gasteiger partial charge in [0.2, 0.25) is 5.91 Å². The van der Waals surface area contributed by atoms with Gasteiger partial charge in [0.25, 0.3) is 5.91 Å². The molecule has 106 valence electrons. The summed E-state index contributed by atoms with van der Waals surface area (Å²) >= 11 is 0. The van der Waals surface area contributed by atoms with Gasteiger partial charge in [0.15, 0.2) is 0 Å². The molecular formula is C13H22N4O2. The van der Waals surface area contributed by atoms with Crippen LogP contribution >= 0.6 is 0 Å². The van der Waals surface area contributed by atoms with Crippen LogP contribution in [0.5, 0.6) is 0 Å². The number of rotatable bonds is 6. The zero-order valence-corrected chi connectivity index (χ0v) is 11.7. The second-order valence-electron chi connectivity index (χ2n) is 4.43. The van der Waals surface area contributed by atoms with E-state index in [1.165, 1.54) is 0 Å². The highest BCUT2D eigenvalue weighted by atomic mass is 16.2. The number of nitrogen functional groups attached to an aromatic ring is 1. The minimum atomic E-state index is -0.569. The Morgan fingerprint density at radius 3 is 2.68 bits per heavy atom. The van der Waals surface area contributed by atoms with E-state index < -0.39 is 6.04 Å². The zero-order chi connectivity index (χ0) is 14.4. The summed E-state index contributed by atoms with van der Waals surface area (Å²) in [6.45, 7) is 6.81. The number of aromatic nitrogens is 1. The van der Waals surface area contributed by atoms with Crippen molar-refractivity contribution in [2.75, 3.05) is 12.3 Å². The average molecular weight is 266 g/mol. The molecule has 0 radical (unpaired) electrons. The molecular weight excluding hydrogens is 244 g/mol. The summed E-state index contributed by atoms with van der Waals surface area (Å²) in [6.07, 6.45) is 2.57. The molecule has 1 unspecified atom stereocenters. The second kappa shape index (κ2) is 6.82. The first-order valence-electron chi connectivity index (χ1n) is 6.53. The van der Waals surface area contributed by atoms with Crippen molar-refractivity contribution < 1.29 is 9.59 Å². The Morgan fingerprint density at radius 2 is 2.11 bits per heavy atom. The lowest BCUT2D eigenvalue weighted by Crippen LogP contribution is -2.45. The molecule has 0 aliphatic rings. The summed E-state index contributed by atoms with van der Waals surface area (Å²) in [7, 11) is 0. The lowest BCUT2D eigenvalue weighted by molar-refractivity contribution is -0.122. The van der Waals surface area contributed by atoms with Crippen LogP contribution in [-0.4, -0.2) is 29.0 Å². The maximum absolute atomic E-state index is 12.1. The van der Waals surface area contributed by atoms with Gasteiger partial charge in [-0.25, -0.2) is 0 Å². The Morgan fingerprint density at radius 1 is 1.42 bits per heavy atom. The Labute approximate surface area is 113 Å². The molecule has 1 aromatic heterocycles. The van der Waals surface area contributed by atoms with Gasteiger partial charge in [-0.1, -0.05) is 6.92 Å². The van der Waals surface area contributed by atoms with E-state index in [1.54, 1.807) is 23.8 Å². The van der Waals surface area contributed by atoms with Crippen LogP contribution in [0.15, 0.2) is 12.3 Å². The van der Waals surface area contributed by atoms with Crippen molar-refractivity contribution in [3.05, 3.63) is 18.0 Å². The molecule has 1 heterocycles. The fourth-order valence-electron chi connectivity index (χ4n) is 1.72. The lowest BCUT2D eigenvalue weighted by atomic mass is 10.2. The third kappa shape index (κ3) is 4.01. The summed E-state index contributed by atoms with van der Waals surface area (Å²) in [5, 5.41) is 5.40. The predicted molar refractivity (Wildman–Crippen MR) is 74.7 cm³/mol. The standard InChI is InChI=1S/C13H22N4O2/c1-4-6-15-12(18)9(3)16-13(19)11-7-10(14)8-17(11)5-2/h7-9H,4-6,14H2,1-3H3,(H,15,18)(H,16,19). The SMILES string of the molecule is CCCNC(=O)C(C)NC(=O)c1cc(N)cn1CC. The smallest absolute Gasteiger partial charge is 0.268 e. The van der Waals surface area contributed by atoms with Gasteiger partial charge >= 0.3 is 0 Å². The molecule has 0 aromatic carbocycles. The molecule has 0 saturated heterocycles. The molecule has 0 spiro atoms. The largest absolute Gasteiger partial charge is 0.397 e. The number of nitrogens with two attached hydrogens (primary N) is 1. The van der Waals surface area contributed by atoms with E-state index in [-0.39, 0.29) is 11.8 Å². The molecule has 19 heavy (non-hydrogen) atoms. The topological polar surface area (TPSA) is 89.2 Å². The van der Waals surface area contributed by atoms with Crippen molar-refractivity contribution in [2.45, 2.75) is 39.8 Å².